The Morgan fingerprint density at radius 1 is 1.24 bits per heavy atom. The van der Waals surface area contributed by atoms with Gasteiger partial charge in [-0.1, -0.05) is 6.07 Å². The third-order valence-corrected chi connectivity index (χ3v) is 3.33. The van der Waals surface area contributed by atoms with Gasteiger partial charge in [-0.25, -0.2) is 0 Å². The van der Waals surface area contributed by atoms with Gasteiger partial charge in [0.15, 0.2) is 0 Å². The standard InChI is InChI=1S/C15H23N3O3/c1-5-18(6-2)13(19)10-17(3)15(20)14-11(16)8-7-9-12(14)21-4/h7-9H,5-6,10,16H2,1-4H3. The van der Waals surface area contributed by atoms with Crippen molar-refractivity contribution in [2.24, 2.45) is 0 Å². The number of ether oxygens (including phenoxy) is 1. The lowest BCUT2D eigenvalue weighted by atomic mass is 10.1. The zero-order valence-electron chi connectivity index (χ0n) is 13.0. The SMILES string of the molecule is CCN(CC)C(=O)CN(C)C(=O)c1c(N)cccc1OC. The number of benzene rings is 1. The molecule has 0 bridgehead atoms. The van der Waals surface area contributed by atoms with Crippen LogP contribution in [0.15, 0.2) is 18.2 Å². The summed E-state index contributed by atoms with van der Waals surface area (Å²) in [6, 6.07) is 5.02. The quantitative estimate of drug-likeness (QED) is 0.800. The van der Waals surface area contributed by atoms with Crippen molar-refractivity contribution in [1.82, 2.24) is 9.80 Å². The Kier molecular flexibility index (Phi) is 6.02. The molecule has 6 heteroatoms. The number of carbonyl (C=O) groups excluding carboxylic acids is 2. The number of rotatable bonds is 6. The number of anilines is 1. The smallest absolute Gasteiger partial charge is 0.259 e. The lowest BCUT2D eigenvalue weighted by Crippen LogP contribution is -2.41. The summed E-state index contributed by atoms with van der Waals surface area (Å²) in [5.41, 5.74) is 6.48. The van der Waals surface area contributed by atoms with Gasteiger partial charge in [0.1, 0.15) is 11.3 Å². The van der Waals surface area contributed by atoms with Gasteiger partial charge in [0.25, 0.3) is 5.91 Å². The fraction of sp³-hybridized carbons (Fsp3) is 0.467. The molecule has 6 nitrogen and oxygen atoms in total. The summed E-state index contributed by atoms with van der Waals surface area (Å²) in [5.74, 6) is -0.0167. The predicted molar refractivity (Wildman–Crippen MR) is 82.3 cm³/mol. The van der Waals surface area contributed by atoms with Crippen molar-refractivity contribution in [1.29, 1.82) is 0 Å². The molecular formula is C15H23N3O3. The molecule has 116 valence electrons. The van der Waals surface area contributed by atoms with E-state index < -0.39 is 0 Å². The monoisotopic (exact) mass is 293 g/mol. The van der Waals surface area contributed by atoms with E-state index in [1.54, 1.807) is 30.1 Å². The molecule has 0 spiro atoms. The van der Waals surface area contributed by atoms with Crippen molar-refractivity contribution < 1.29 is 14.3 Å². The average Bonchev–Trinajstić information content (AvgIpc) is 2.47. The first-order chi connectivity index (χ1) is 9.96. The highest BCUT2D eigenvalue weighted by Gasteiger charge is 2.22. The number of nitrogens with two attached hydrogens (primary N) is 1. The summed E-state index contributed by atoms with van der Waals surface area (Å²) in [7, 11) is 3.06. The number of nitrogen functional groups attached to an aromatic ring is 1. The molecule has 2 N–H and O–H groups in total. The van der Waals surface area contributed by atoms with Crippen LogP contribution in [0.25, 0.3) is 0 Å². The highest BCUT2D eigenvalue weighted by atomic mass is 16.5. The lowest BCUT2D eigenvalue weighted by Gasteiger charge is -2.24. The molecule has 0 aliphatic heterocycles. The van der Waals surface area contributed by atoms with E-state index in [9.17, 15) is 9.59 Å². The molecule has 21 heavy (non-hydrogen) atoms. The van der Waals surface area contributed by atoms with Gasteiger partial charge >= 0.3 is 0 Å². The molecule has 0 aliphatic carbocycles. The van der Waals surface area contributed by atoms with E-state index in [1.807, 2.05) is 13.8 Å². The minimum absolute atomic E-state index is 0.0119. The molecule has 0 aliphatic rings. The minimum Gasteiger partial charge on any atom is -0.496 e. The lowest BCUT2D eigenvalue weighted by molar-refractivity contribution is -0.131. The Morgan fingerprint density at radius 3 is 2.38 bits per heavy atom. The highest BCUT2D eigenvalue weighted by molar-refractivity contribution is 6.03. The van der Waals surface area contributed by atoms with Crippen LogP contribution >= 0.6 is 0 Å². The fourth-order valence-corrected chi connectivity index (χ4v) is 2.09. The Labute approximate surface area is 125 Å². The summed E-state index contributed by atoms with van der Waals surface area (Å²) in [6.07, 6.45) is 0. The number of hydrogen-bond donors (Lipinski definition) is 1. The van der Waals surface area contributed by atoms with E-state index in [0.29, 0.717) is 24.5 Å². The number of carbonyl (C=O) groups is 2. The van der Waals surface area contributed by atoms with Crippen LogP contribution in [0.5, 0.6) is 5.75 Å². The van der Waals surface area contributed by atoms with E-state index in [2.05, 4.69) is 0 Å². The van der Waals surface area contributed by atoms with Gasteiger partial charge in [-0.15, -0.1) is 0 Å². The molecular weight excluding hydrogens is 270 g/mol. The first-order valence-corrected chi connectivity index (χ1v) is 6.91. The molecule has 0 atom stereocenters. The summed E-state index contributed by atoms with van der Waals surface area (Å²) < 4.78 is 5.17. The van der Waals surface area contributed by atoms with Gasteiger partial charge < -0.3 is 20.3 Å². The van der Waals surface area contributed by atoms with Crippen LogP contribution in [0, 0.1) is 0 Å². The molecule has 0 aromatic heterocycles. The van der Waals surface area contributed by atoms with Crippen molar-refractivity contribution in [3.05, 3.63) is 23.8 Å². The maximum Gasteiger partial charge on any atom is 0.259 e. The third-order valence-electron chi connectivity index (χ3n) is 3.33. The van der Waals surface area contributed by atoms with Gasteiger partial charge in [0, 0.05) is 25.8 Å². The second kappa shape index (κ2) is 7.52. The maximum atomic E-state index is 12.5. The van der Waals surface area contributed by atoms with Gasteiger partial charge in [-0.3, -0.25) is 9.59 Å². The number of hydrogen-bond acceptors (Lipinski definition) is 4. The van der Waals surface area contributed by atoms with Crippen molar-refractivity contribution in [3.8, 4) is 5.75 Å². The van der Waals surface area contributed by atoms with E-state index >= 15 is 0 Å². The van der Waals surface area contributed by atoms with E-state index in [-0.39, 0.29) is 23.9 Å². The topological polar surface area (TPSA) is 75.9 Å². The second-order valence-corrected chi connectivity index (χ2v) is 4.65. The van der Waals surface area contributed by atoms with Crippen molar-refractivity contribution >= 4 is 17.5 Å². The molecule has 0 radical (unpaired) electrons. The van der Waals surface area contributed by atoms with E-state index in [1.165, 1.54) is 12.0 Å². The van der Waals surface area contributed by atoms with Gasteiger partial charge in [0.05, 0.1) is 13.7 Å². The molecule has 0 heterocycles. The second-order valence-electron chi connectivity index (χ2n) is 4.65. The predicted octanol–water partition coefficient (Wildman–Crippen LogP) is 1.22. The Balaban J connectivity index is 2.91. The molecule has 2 amide bonds. The first kappa shape index (κ1) is 16.8. The molecule has 1 aromatic rings. The van der Waals surface area contributed by atoms with Crippen LogP contribution < -0.4 is 10.5 Å². The molecule has 1 aromatic carbocycles. The van der Waals surface area contributed by atoms with Crippen LogP contribution in [-0.4, -0.2) is 55.4 Å². The Bertz CT molecular complexity index is 513. The third kappa shape index (κ3) is 3.87. The van der Waals surface area contributed by atoms with Crippen molar-refractivity contribution in [2.75, 3.05) is 39.5 Å². The molecule has 0 saturated heterocycles. The van der Waals surface area contributed by atoms with Crippen LogP contribution in [-0.2, 0) is 4.79 Å². The molecule has 0 fully saturated rings. The van der Waals surface area contributed by atoms with E-state index in [0.717, 1.165) is 0 Å². The van der Waals surface area contributed by atoms with Crippen molar-refractivity contribution in [2.45, 2.75) is 13.8 Å². The van der Waals surface area contributed by atoms with Crippen molar-refractivity contribution in [3.63, 3.8) is 0 Å². The van der Waals surface area contributed by atoms with Crippen LogP contribution in [0.1, 0.15) is 24.2 Å². The summed E-state index contributed by atoms with van der Waals surface area (Å²) in [6.45, 7) is 5.06. The fourth-order valence-electron chi connectivity index (χ4n) is 2.09. The van der Waals surface area contributed by atoms with Gasteiger partial charge in [-0.05, 0) is 26.0 Å². The first-order valence-electron chi connectivity index (χ1n) is 6.91. The van der Waals surface area contributed by atoms with Crippen LogP contribution in [0.2, 0.25) is 0 Å². The summed E-state index contributed by atoms with van der Waals surface area (Å²) in [4.78, 5) is 27.6. The summed E-state index contributed by atoms with van der Waals surface area (Å²) >= 11 is 0. The summed E-state index contributed by atoms with van der Waals surface area (Å²) in [5, 5.41) is 0. The maximum absolute atomic E-state index is 12.5. The van der Waals surface area contributed by atoms with Crippen LogP contribution in [0.3, 0.4) is 0 Å². The largest absolute Gasteiger partial charge is 0.496 e. The zero-order valence-corrected chi connectivity index (χ0v) is 13.0. The van der Waals surface area contributed by atoms with E-state index in [4.69, 9.17) is 10.5 Å². The Hall–Kier alpha value is -2.24. The van der Waals surface area contributed by atoms with Crippen LogP contribution in [0.4, 0.5) is 5.69 Å². The number of likely N-dealkylation sites (N-methyl/N-ethyl adjacent to an activating group) is 2. The molecule has 0 saturated carbocycles. The zero-order chi connectivity index (χ0) is 16.0. The Morgan fingerprint density at radius 2 is 1.86 bits per heavy atom. The number of amides is 2. The average molecular weight is 293 g/mol. The molecule has 1 rings (SSSR count). The number of nitrogens with zero attached hydrogens (tertiary/aromatic N) is 2. The molecule has 0 unspecified atom stereocenters. The minimum atomic E-state index is -0.328. The number of methoxy groups -OCH3 is 1. The normalized spacial score (nSPS) is 10.1. The van der Waals surface area contributed by atoms with Gasteiger partial charge in [-0.2, -0.15) is 0 Å². The highest BCUT2D eigenvalue weighted by Crippen LogP contribution is 2.25. The van der Waals surface area contributed by atoms with Gasteiger partial charge in [0.2, 0.25) is 5.91 Å².